The van der Waals surface area contributed by atoms with E-state index in [1.54, 1.807) is 36.7 Å². The summed E-state index contributed by atoms with van der Waals surface area (Å²) in [6.07, 6.45) is 3.81. The number of aromatic nitrogens is 2. The van der Waals surface area contributed by atoms with E-state index in [0.717, 1.165) is 5.56 Å². The van der Waals surface area contributed by atoms with E-state index in [4.69, 9.17) is 10.8 Å². The highest BCUT2D eigenvalue weighted by atomic mass is 16.4. The minimum Gasteiger partial charge on any atom is -0.481 e. The zero-order valence-corrected chi connectivity index (χ0v) is 14.7. The van der Waals surface area contributed by atoms with Gasteiger partial charge in [0.05, 0.1) is 17.5 Å². The summed E-state index contributed by atoms with van der Waals surface area (Å²) in [6.45, 7) is 4.07. The quantitative estimate of drug-likeness (QED) is 0.670. The highest BCUT2D eigenvalue weighted by molar-refractivity contribution is 5.81. The lowest BCUT2D eigenvalue weighted by Gasteiger charge is -2.21. The first-order valence-electron chi connectivity index (χ1n) is 8.16. The lowest BCUT2D eigenvalue weighted by Crippen LogP contribution is -2.41. The van der Waals surface area contributed by atoms with E-state index in [9.17, 15) is 14.4 Å². The lowest BCUT2D eigenvalue weighted by atomic mass is 9.90. The van der Waals surface area contributed by atoms with Gasteiger partial charge in [-0.05, 0) is 25.8 Å². The third kappa shape index (κ3) is 4.28. The summed E-state index contributed by atoms with van der Waals surface area (Å²) in [7, 11) is 1.78. The monoisotopic (exact) mass is 351 g/mol. The lowest BCUT2D eigenvalue weighted by molar-refractivity contribution is -0.147. The van der Waals surface area contributed by atoms with E-state index in [-0.39, 0.29) is 25.0 Å². The summed E-state index contributed by atoms with van der Waals surface area (Å²) < 4.78 is 1.64. The fourth-order valence-electron chi connectivity index (χ4n) is 2.93. The Hall–Kier alpha value is -2.58. The van der Waals surface area contributed by atoms with Crippen LogP contribution in [0.5, 0.6) is 0 Å². The molecule has 0 spiro atoms. The Bertz CT molecular complexity index is 669. The molecule has 1 aromatic rings. The third-order valence-electron chi connectivity index (χ3n) is 4.73. The SMILES string of the molecule is Cn1cc([C@H]2CN(C(=O)NCCC(C)(C)C(=O)O)C[C@@H]2C(N)=O)cn1. The van der Waals surface area contributed by atoms with Crippen LogP contribution in [0.15, 0.2) is 12.4 Å². The number of nitrogens with two attached hydrogens (primary N) is 1. The smallest absolute Gasteiger partial charge is 0.317 e. The number of carbonyl (C=O) groups excluding carboxylic acids is 2. The molecule has 1 fully saturated rings. The number of aliphatic carboxylic acids is 1. The molecule has 1 aliphatic heterocycles. The van der Waals surface area contributed by atoms with Crippen LogP contribution in [0.4, 0.5) is 4.79 Å². The number of nitrogens with one attached hydrogen (secondary N) is 1. The standard InChI is InChI=1S/C16H25N5O4/c1-16(2,14(23)24)4-5-18-15(25)21-8-11(12(9-21)13(17)22)10-6-19-20(3)7-10/h6-7,11-12H,4-5,8-9H2,1-3H3,(H2,17,22)(H,18,25)(H,23,24)/t11-,12+/m1/s1. The van der Waals surface area contributed by atoms with Crippen molar-refractivity contribution in [3.05, 3.63) is 18.0 Å². The van der Waals surface area contributed by atoms with Gasteiger partial charge in [-0.2, -0.15) is 5.10 Å². The summed E-state index contributed by atoms with van der Waals surface area (Å²) in [6, 6.07) is -0.321. The second kappa shape index (κ2) is 7.12. The van der Waals surface area contributed by atoms with Crippen LogP contribution in [0.25, 0.3) is 0 Å². The number of hydrogen-bond acceptors (Lipinski definition) is 4. The number of carboxylic acid groups (broad SMARTS) is 1. The number of aryl methyl sites for hydroxylation is 1. The molecule has 0 unspecified atom stereocenters. The van der Waals surface area contributed by atoms with E-state index in [1.807, 2.05) is 6.20 Å². The minimum atomic E-state index is -0.910. The molecular formula is C16H25N5O4. The first-order chi connectivity index (χ1) is 11.6. The van der Waals surface area contributed by atoms with Crippen molar-refractivity contribution in [1.29, 1.82) is 0 Å². The number of nitrogens with zero attached hydrogens (tertiary/aromatic N) is 3. The molecule has 9 nitrogen and oxygen atoms in total. The van der Waals surface area contributed by atoms with E-state index in [1.165, 1.54) is 0 Å². The van der Waals surface area contributed by atoms with Gasteiger partial charge in [0, 0.05) is 38.8 Å². The number of carboxylic acids is 1. The summed E-state index contributed by atoms with van der Waals surface area (Å²) in [5.41, 5.74) is 5.45. The van der Waals surface area contributed by atoms with Gasteiger partial charge in [0.25, 0.3) is 0 Å². The van der Waals surface area contributed by atoms with Gasteiger partial charge in [-0.1, -0.05) is 0 Å². The van der Waals surface area contributed by atoms with Crippen LogP contribution in [-0.4, -0.2) is 57.3 Å². The molecule has 4 N–H and O–H groups in total. The Morgan fingerprint density at radius 2 is 2.08 bits per heavy atom. The minimum absolute atomic E-state index is 0.188. The number of likely N-dealkylation sites (tertiary alicyclic amines) is 1. The van der Waals surface area contributed by atoms with Crippen LogP contribution in [0.1, 0.15) is 31.7 Å². The van der Waals surface area contributed by atoms with Gasteiger partial charge in [0.2, 0.25) is 5.91 Å². The van der Waals surface area contributed by atoms with Gasteiger partial charge in [0.1, 0.15) is 0 Å². The molecule has 0 bridgehead atoms. The average Bonchev–Trinajstić information content (AvgIpc) is 3.12. The van der Waals surface area contributed by atoms with E-state index >= 15 is 0 Å². The van der Waals surface area contributed by atoms with Crippen molar-refractivity contribution in [2.24, 2.45) is 24.1 Å². The molecule has 25 heavy (non-hydrogen) atoms. The molecule has 2 atom stereocenters. The maximum absolute atomic E-state index is 12.3. The molecule has 1 aromatic heterocycles. The second-order valence-electron chi connectivity index (χ2n) is 7.14. The number of primary amides is 1. The maximum atomic E-state index is 12.3. The van der Waals surface area contributed by atoms with Crippen LogP contribution in [0.3, 0.4) is 0 Å². The van der Waals surface area contributed by atoms with Gasteiger partial charge in [-0.25, -0.2) is 4.79 Å². The van der Waals surface area contributed by atoms with Gasteiger partial charge < -0.3 is 21.1 Å². The van der Waals surface area contributed by atoms with Crippen LogP contribution in [0.2, 0.25) is 0 Å². The number of urea groups is 1. The third-order valence-corrected chi connectivity index (χ3v) is 4.73. The fraction of sp³-hybridized carbons (Fsp3) is 0.625. The van der Waals surface area contributed by atoms with Crippen molar-refractivity contribution >= 4 is 17.9 Å². The largest absolute Gasteiger partial charge is 0.481 e. The van der Waals surface area contributed by atoms with Crippen molar-refractivity contribution in [1.82, 2.24) is 20.0 Å². The Morgan fingerprint density at radius 1 is 1.40 bits per heavy atom. The zero-order valence-electron chi connectivity index (χ0n) is 14.7. The zero-order chi connectivity index (χ0) is 18.8. The molecular weight excluding hydrogens is 326 g/mol. The summed E-state index contributed by atoms with van der Waals surface area (Å²) in [5.74, 6) is -2.01. The maximum Gasteiger partial charge on any atom is 0.317 e. The van der Waals surface area contributed by atoms with E-state index < -0.39 is 23.2 Å². The molecule has 0 aromatic carbocycles. The predicted molar refractivity (Wildman–Crippen MR) is 89.6 cm³/mol. The second-order valence-corrected chi connectivity index (χ2v) is 7.14. The normalized spacial score (nSPS) is 20.5. The molecule has 2 rings (SSSR count). The number of rotatable bonds is 6. The number of carbonyl (C=O) groups is 3. The van der Waals surface area contributed by atoms with Crippen molar-refractivity contribution in [2.75, 3.05) is 19.6 Å². The molecule has 1 saturated heterocycles. The summed E-state index contributed by atoms with van der Waals surface area (Å²) in [5, 5.41) is 15.9. The van der Waals surface area contributed by atoms with Crippen LogP contribution in [0, 0.1) is 11.3 Å². The van der Waals surface area contributed by atoms with Gasteiger partial charge in [-0.15, -0.1) is 0 Å². The Kier molecular flexibility index (Phi) is 5.34. The molecule has 3 amide bonds. The molecule has 138 valence electrons. The van der Waals surface area contributed by atoms with E-state index in [0.29, 0.717) is 13.0 Å². The number of amides is 3. The Labute approximate surface area is 146 Å². The molecule has 1 aliphatic rings. The molecule has 9 heteroatoms. The first-order valence-corrected chi connectivity index (χ1v) is 8.16. The molecule has 2 heterocycles. The van der Waals surface area contributed by atoms with Crippen LogP contribution < -0.4 is 11.1 Å². The van der Waals surface area contributed by atoms with Crippen molar-refractivity contribution < 1.29 is 19.5 Å². The predicted octanol–water partition coefficient (Wildman–Crippen LogP) is 0.131. The molecule has 0 aliphatic carbocycles. The summed E-state index contributed by atoms with van der Waals surface area (Å²) >= 11 is 0. The van der Waals surface area contributed by atoms with Gasteiger partial charge >= 0.3 is 12.0 Å². The molecule has 0 radical (unpaired) electrons. The van der Waals surface area contributed by atoms with Crippen molar-refractivity contribution in [3.8, 4) is 0 Å². The fourth-order valence-corrected chi connectivity index (χ4v) is 2.93. The summed E-state index contributed by atoms with van der Waals surface area (Å²) in [4.78, 5) is 36.7. The molecule has 0 saturated carbocycles. The van der Waals surface area contributed by atoms with Gasteiger partial charge in [-0.3, -0.25) is 14.3 Å². The van der Waals surface area contributed by atoms with E-state index in [2.05, 4.69) is 10.4 Å². The highest BCUT2D eigenvalue weighted by Crippen LogP contribution is 2.32. The van der Waals surface area contributed by atoms with Crippen LogP contribution in [-0.2, 0) is 16.6 Å². The van der Waals surface area contributed by atoms with Gasteiger partial charge in [0.15, 0.2) is 0 Å². The Morgan fingerprint density at radius 3 is 2.60 bits per heavy atom. The highest BCUT2D eigenvalue weighted by Gasteiger charge is 2.40. The first kappa shape index (κ1) is 18.8. The van der Waals surface area contributed by atoms with Crippen LogP contribution >= 0.6 is 0 Å². The number of hydrogen-bond donors (Lipinski definition) is 3. The van der Waals surface area contributed by atoms with Crippen molar-refractivity contribution in [3.63, 3.8) is 0 Å². The topological polar surface area (TPSA) is 131 Å². The van der Waals surface area contributed by atoms with Crippen molar-refractivity contribution in [2.45, 2.75) is 26.2 Å². The Balaban J connectivity index is 1.97. The average molecular weight is 351 g/mol.